The summed E-state index contributed by atoms with van der Waals surface area (Å²) in [5, 5.41) is 5.39. The fraction of sp³-hybridized carbons (Fsp3) is 0.643. The predicted molar refractivity (Wildman–Crippen MR) is 81.6 cm³/mol. The molecule has 1 atom stereocenters. The van der Waals surface area contributed by atoms with Gasteiger partial charge in [-0.3, -0.25) is 4.79 Å². The van der Waals surface area contributed by atoms with Crippen LogP contribution in [0.1, 0.15) is 39.5 Å². The van der Waals surface area contributed by atoms with Crippen molar-refractivity contribution in [2.75, 3.05) is 11.4 Å². The molecule has 0 aromatic carbocycles. The van der Waals surface area contributed by atoms with Crippen molar-refractivity contribution in [3.63, 3.8) is 0 Å². The van der Waals surface area contributed by atoms with E-state index in [9.17, 15) is 4.79 Å². The smallest absolute Gasteiger partial charge is 0.275 e. The van der Waals surface area contributed by atoms with Crippen molar-refractivity contribution in [2.45, 2.75) is 45.6 Å². The first-order valence-electron chi connectivity index (χ1n) is 7.26. The maximum atomic E-state index is 11.8. The Hall–Kier alpha value is -1.43. The quantitative estimate of drug-likeness (QED) is 0.869. The Kier molecular flexibility index (Phi) is 3.74. The molecule has 0 bridgehead atoms. The number of hydrogen-bond acceptors (Lipinski definition) is 5. The lowest BCUT2D eigenvalue weighted by molar-refractivity contribution is 0.494. The molecule has 0 N–H and O–H groups in total. The van der Waals surface area contributed by atoms with Crippen LogP contribution in [0.15, 0.2) is 17.1 Å². The van der Waals surface area contributed by atoms with Gasteiger partial charge in [0, 0.05) is 24.8 Å². The summed E-state index contributed by atoms with van der Waals surface area (Å²) in [6.07, 6.45) is 6.44. The highest BCUT2D eigenvalue weighted by Gasteiger charge is 2.27. The van der Waals surface area contributed by atoms with Gasteiger partial charge in [0.15, 0.2) is 0 Å². The Morgan fingerprint density at radius 3 is 3.10 bits per heavy atom. The van der Waals surface area contributed by atoms with E-state index in [4.69, 9.17) is 0 Å². The van der Waals surface area contributed by atoms with Crippen LogP contribution in [0.3, 0.4) is 0 Å². The van der Waals surface area contributed by atoms with E-state index in [0.29, 0.717) is 11.0 Å². The molecule has 0 aliphatic carbocycles. The monoisotopic (exact) mass is 292 g/mol. The van der Waals surface area contributed by atoms with Crippen LogP contribution in [0.25, 0.3) is 4.96 Å². The van der Waals surface area contributed by atoms with Crippen molar-refractivity contribution in [3.8, 4) is 0 Å². The highest BCUT2D eigenvalue weighted by atomic mass is 32.1. The van der Waals surface area contributed by atoms with Crippen LogP contribution in [-0.4, -0.2) is 27.2 Å². The van der Waals surface area contributed by atoms with Gasteiger partial charge in [-0.15, -0.1) is 5.10 Å². The first-order valence-corrected chi connectivity index (χ1v) is 8.08. The normalized spacial score (nSPS) is 19.4. The average molecular weight is 292 g/mol. The van der Waals surface area contributed by atoms with Crippen molar-refractivity contribution in [1.82, 2.24) is 14.6 Å². The molecule has 5 nitrogen and oxygen atoms in total. The second kappa shape index (κ2) is 5.52. The minimum atomic E-state index is -0.101. The second-order valence-corrected chi connectivity index (χ2v) is 6.76. The number of nitrogens with zero attached hydrogens (tertiary/aromatic N) is 4. The molecule has 108 valence electrons. The summed E-state index contributed by atoms with van der Waals surface area (Å²) >= 11 is 1.51. The second-order valence-electron chi connectivity index (χ2n) is 5.82. The molecule has 3 heterocycles. The summed E-state index contributed by atoms with van der Waals surface area (Å²) in [5.74, 6) is 0.733. The molecule has 2 aromatic rings. The van der Waals surface area contributed by atoms with Crippen molar-refractivity contribution >= 4 is 21.4 Å². The summed E-state index contributed by atoms with van der Waals surface area (Å²) in [5.41, 5.74) is -0.101. The standard InChI is InChI=1S/C14H20N4OS/c1-10(2)5-6-11-4-3-9-17(11)14-16-18-12(19)7-8-15-13(18)20-14/h7-8,10-11H,3-6,9H2,1-2H3. The zero-order valence-electron chi connectivity index (χ0n) is 12.0. The van der Waals surface area contributed by atoms with Crippen LogP contribution in [-0.2, 0) is 0 Å². The first kappa shape index (κ1) is 13.5. The van der Waals surface area contributed by atoms with Gasteiger partial charge in [-0.1, -0.05) is 25.2 Å². The summed E-state index contributed by atoms with van der Waals surface area (Å²) in [6.45, 7) is 5.57. The Morgan fingerprint density at radius 1 is 1.50 bits per heavy atom. The van der Waals surface area contributed by atoms with Crippen molar-refractivity contribution in [3.05, 3.63) is 22.6 Å². The van der Waals surface area contributed by atoms with Gasteiger partial charge < -0.3 is 4.90 Å². The van der Waals surface area contributed by atoms with Gasteiger partial charge in [-0.25, -0.2) is 4.98 Å². The molecular formula is C14H20N4OS. The van der Waals surface area contributed by atoms with Crippen LogP contribution in [0.4, 0.5) is 5.13 Å². The topological polar surface area (TPSA) is 50.5 Å². The lowest BCUT2D eigenvalue weighted by Crippen LogP contribution is -2.29. The molecule has 2 aromatic heterocycles. The number of fused-ring (bicyclic) bond motifs is 1. The minimum Gasteiger partial charge on any atom is -0.344 e. The minimum absolute atomic E-state index is 0.101. The molecule has 1 unspecified atom stereocenters. The molecule has 1 saturated heterocycles. The van der Waals surface area contributed by atoms with Gasteiger partial charge in [-0.2, -0.15) is 4.52 Å². The van der Waals surface area contributed by atoms with Crippen LogP contribution in [0.5, 0.6) is 0 Å². The molecule has 1 fully saturated rings. The predicted octanol–water partition coefficient (Wildman–Crippen LogP) is 2.56. The number of aromatic nitrogens is 3. The van der Waals surface area contributed by atoms with Crippen LogP contribution >= 0.6 is 11.3 Å². The SMILES string of the molecule is CC(C)CCC1CCCN1c1nn2c(=O)ccnc2s1. The zero-order chi connectivity index (χ0) is 14.1. The van der Waals surface area contributed by atoms with E-state index in [1.807, 2.05) is 0 Å². The molecule has 0 spiro atoms. The number of hydrogen-bond donors (Lipinski definition) is 0. The Morgan fingerprint density at radius 2 is 2.35 bits per heavy atom. The molecule has 0 radical (unpaired) electrons. The summed E-state index contributed by atoms with van der Waals surface area (Å²) in [7, 11) is 0. The summed E-state index contributed by atoms with van der Waals surface area (Å²) in [6, 6.07) is 2.02. The van der Waals surface area contributed by atoms with Gasteiger partial charge in [0.1, 0.15) is 0 Å². The summed E-state index contributed by atoms with van der Waals surface area (Å²) in [4.78, 5) is 19.0. The lowest BCUT2D eigenvalue weighted by Gasteiger charge is -2.24. The van der Waals surface area contributed by atoms with Crippen LogP contribution < -0.4 is 10.5 Å². The third-order valence-corrected chi connectivity index (χ3v) is 4.82. The van der Waals surface area contributed by atoms with Gasteiger partial charge in [0.25, 0.3) is 5.56 Å². The molecule has 3 rings (SSSR count). The number of anilines is 1. The first-order chi connectivity index (χ1) is 9.65. The average Bonchev–Trinajstić information content (AvgIpc) is 3.02. The fourth-order valence-electron chi connectivity index (χ4n) is 2.76. The maximum Gasteiger partial charge on any atom is 0.275 e. The third kappa shape index (κ3) is 2.57. The highest BCUT2D eigenvalue weighted by Crippen LogP contribution is 2.31. The molecule has 1 aliphatic rings. The molecule has 0 amide bonds. The molecule has 20 heavy (non-hydrogen) atoms. The van der Waals surface area contributed by atoms with Gasteiger partial charge in [0.05, 0.1) is 0 Å². The Labute approximate surface area is 122 Å². The molecule has 1 aliphatic heterocycles. The molecule has 0 saturated carbocycles. The molecule has 6 heteroatoms. The van der Waals surface area contributed by atoms with Crippen molar-refractivity contribution in [2.24, 2.45) is 5.92 Å². The van der Waals surface area contributed by atoms with E-state index >= 15 is 0 Å². The van der Waals surface area contributed by atoms with Gasteiger partial charge >= 0.3 is 0 Å². The Bertz CT molecular complexity index is 648. The summed E-state index contributed by atoms with van der Waals surface area (Å²) < 4.78 is 1.41. The highest BCUT2D eigenvalue weighted by molar-refractivity contribution is 7.20. The van der Waals surface area contributed by atoms with Crippen molar-refractivity contribution in [1.29, 1.82) is 0 Å². The Balaban J connectivity index is 1.86. The van der Waals surface area contributed by atoms with Crippen LogP contribution in [0.2, 0.25) is 0 Å². The molecular weight excluding hydrogens is 272 g/mol. The van der Waals surface area contributed by atoms with Gasteiger partial charge in [-0.05, 0) is 31.6 Å². The van der Waals surface area contributed by atoms with E-state index < -0.39 is 0 Å². The zero-order valence-corrected chi connectivity index (χ0v) is 12.8. The van der Waals surface area contributed by atoms with E-state index in [1.165, 1.54) is 47.6 Å². The number of rotatable bonds is 4. The van der Waals surface area contributed by atoms with E-state index in [2.05, 4.69) is 28.8 Å². The largest absolute Gasteiger partial charge is 0.344 e. The third-order valence-electron chi connectivity index (χ3n) is 3.86. The van der Waals surface area contributed by atoms with Crippen LogP contribution in [0, 0.1) is 5.92 Å². The van der Waals surface area contributed by atoms with E-state index in [0.717, 1.165) is 17.6 Å². The van der Waals surface area contributed by atoms with Gasteiger partial charge in [0.2, 0.25) is 10.1 Å². The fourth-order valence-corrected chi connectivity index (χ4v) is 3.74. The van der Waals surface area contributed by atoms with E-state index in [-0.39, 0.29) is 5.56 Å². The van der Waals surface area contributed by atoms with Crippen molar-refractivity contribution < 1.29 is 0 Å². The lowest BCUT2D eigenvalue weighted by atomic mass is 10.0. The maximum absolute atomic E-state index is 11.8. The van der Waals surface area contributed by atoms with E-state index in [1.54, 1.807) is 6.20 Å².